The number of ether oxygens (including phenoxy) is 3. The van der Waals surface area contributed by atoms with E-state index in [0.29, 0.717) is 12.0 Å². The summed E-state index contributed by atoms with van der Waals surface area (Å²) in [6.07, 6.45) is 4.63. The van der Waals surface area contributed by atoms with Crippen molar-refractivity contribution in [2.24, 2.45) is 5.41 Å². The Balaban J connectivity index is 2.07. The van der Waals surface area contributed by atoms with Crippen LogP contribution in [0.4, 0.5) is 0 Å². The first-order valence-corrected chi connectivity index (χ1v) is 8.69. The third kappa shape index (κ3) is 5.56. The van der Waals surface area contributed by atoms with Crippen LogP contribution in [-0.2, 0) is 19.0 Å². The highest BCUT2D eigenvalue weighted by Gasteiger charge is 2.33. The Morgan fingerprint density at radius 3 is 2.50 bits per heavy atom. The maximum atomic E-state index is 12.3. The molecule has 1 aliphatic heterocycles. The Bertz CT molecular complexity index is 657. The lowest BCUT2D eigenvalue weighted by atomic mass is 9.97. The van der Waals surface area contributed by atoms with E-state index in [-0.39, 0.29) is 18.7 Å². The van der Waals surface area contributed by atoms with Gasteiger partial charge in [-0.2, -0.15) is 0 Å². The smallest absolute Gasteiger partial charge is 0.338 e. The summed E-state index contributed by atoms with van der Waals surface area (Å²) < 4.78 is 16.9. The molecule has 5 heteroatoms. The summed E-state index contributed by atoms with van der Waals surface area (Å²) in [6, 6.07) is 8.74. The maximum absolute atomic E-state index is 12.3. The molecule has 0 saturated carbocycles. The Hall–Kier alpha value is -2.40. The predicted octanol–water partition coefficient (Wildman–Crippen LogP) is 3.70. The second-order valence-corrected chi connectivity index (χ2v) is 7.21. The molecule has 0 radical (unpaired) electrons. The van der Waals surface area contributed by atoms with Crippen LogP contribution < -0.4 is 0 Å². The van der Waals surface area contributed by atoms with Crippen LogP contribution in [0.15, 0.2) is 55.1 Å². The van der Waals surface area contributed by atoms with Gasteiger partial charge in [-0.3, -0.25) is 4.79 Å². The van der Waals surface area contributed by atoms with Crippen molar-refractivity contribution in [3.63, 3.8) is 0 Å². The predicted molar refractivity (Wildman–Crippen MR) is 98.7 cm³/mol. The fourth-order valence-corrected chi connectivity index (χ4v) is 2.39. The van der Waals surface area contributed by atoms with E-state index in [1.54, 1.807) is 57.2 Å². The number of rotatable bonds is 6. The Labute approximate surface area is 154 Å². The third-order valence-electron chi connectivity index (χ3n) is 3.87. The third-order valence-corrected chi connectivity index (χ3v) is 3.87. The summed E-state index contributed by atoms with van der Waals surface area (Å²) in [5, 5.41) is 0. The van der Waals surface area contributed by atoms with E-state index in [1.807, 2.05) is 12.1 Å². The van der Waals surface area contributed by atoms with Crippen LogP contribution in [-0.4, -0.2) is 36.9 Å². The van der Waals surface area contributed by atoms with Crippen molar-refractivity contribution in [2.75, 3.05) is 6.61 Å². The van der Waals surface area contributed by atoms with Gasteiger partial charge in [0, 0.05) is 0 Å². The minimum absolute atomic E-state index is 0.0147. The van der Waals surface area contributed by atoms with Gasteiger partial charge in [0.25, 0.3) is 0 Å². The molecule has 26 heavy (non-hydrogen) atoms. The molecule has 0 fully saturated rings. The number of carbonyl (C=O) groups excluding carboxylic acids is 2. The number of esters is 2. The van der Waals surface area contributed by atoms with Crippen molar-refractivity contribution in [3.8, 4) is 0 Å². The van der Waals surface area contributed by atoms with Gasteiger partial charge >= 0.3 is 11.9 Å². The van der Waals surface area contributed by atoms with Crippen LogP contribution in [0.1, 0.15) is 37.6 Å². The molecule has 0 aromatic heterocycles. The second-order valence-electron chi connectivity index (χ2n) is 7.21. The molecule has 0 N–H and O–H groups in total. The molecule has 0 amide bonds. The largest absolute Gasteiger partial charge is 0.462 e. The van der Waals surface area contributed by atoms with Crippen molar-refractivity contribution in [2.45, 2.75) is 45.5 Å². The molecule has 0 saturated heterocycles. The van der Waals surface area contributed by atoms with Gasteiger partial charge in [-0.15, -0.1) is 6.58 Å². The first kappa shape index (κ1) is 19.9. The maximum Gasteiger partial charge on any atom is 0.338 e. The van der Waals surface area contributed by atoms with E-state index >= 15 is 0 Å². The minimum atomic E-state index is -0.628. The van der Waals surface area contributed by atoms with Gasteiger partial charge in [0.2, 0.25) is 0 Å². The van der Waals surface area contributed by atoms with Crippen LogP contribution in [0.5, 0.6) is 0 Å². The topological polar surface area (TPSA) is 61.8 Å². The monoisotopic (exact) mass is 358 g/mol. The highest BCUT2D eigenvalue weighted by molar-refractivity contribution is 5.89. The average molecular weight is 358 g/mol. The zero-order chi connectivity index (χ0) is 19.2. The van der Waals surface area contributed by atoms with Crippen molar-refractivity contribution in [3.05, 3.63) is 60.7 Å². The molecule has 0 spiro atoms. The summed E-state index contributed by atoms with van der Waals surface area (Å²) >= 11 is 0. The normalized spacial score (nSPS) is 22.5. The van der Waals surface area contributed by atoms with Crippen LogP contribution in [0.2, 0.25) is 0 Å². The van der Waals surface area contributed by atoms with E-state index in [0.717, 1.165) is 0 Å². The van der Waals surface area contributed by atoms with Gasteiger partial charge in [0.15, 0.2) is 0 Å². The summed E-state index contributed by atoms with van der Waals surface area (Å²) in [5.74, 6) is -0.776. The van der Waals surface area contributed by atoms with Crippen molar-refractivity contribution >= 4 is 11.9 Å². The van der Waals surface area contributed by atoms with Gasteiger partial charge in [0.05, 0.1) is 17.1 Å². The molecule has 1 heterocycles. The Morgan fingerprint density at radius 2 is 1.88 bits per heavy atom. The lowest BCUT2D eigenvalue weighted by Crippen LogP contribution is -2.42. The highest BCUT2D eigenvalue weighted by atomic mass is 16.6. The second kappa shape index (κ2) is 8.81. The average Bonchev–Trinajstić information content (AvgIpc) is 2.61. The summed E-state index contributed by atoms with van der Waals surface area (Å²) in [7, 11) is 0. The quantitative estimate of drug-likeness (QED) is 0.573. The van der Waals surface area contributed by atoms with Crippen LogP contribution in [0.3, 0.4) is 0 Å². The van der Waals surface area contributed by atoms with Crippen molar-refractivity contribution in [1.29, 1.82) is 0 Å². The fraction of sp³-hybridized carbons (Fsp3) is 0.429. The molecule has 1 aromatic carbocycles. The highest BCUT2D eigenvalue weighted by Crippen LogP contribution is 2.22. The van der Waals surface area contributed by atoms with Gasteiger partial charge in [-0.05, 0) is 45.4 Å². The molecule has 140 valence electrons. The SMILES string of the molecule is C=CC[C@H]1C=C[C@H](OC(=O)c2ccccc2)[C@@H](COC(=O)C(C)(C)C)O1. The summed E-state index contributed by atoms with van der Waals surface area (Å²) in [4.78, 5) is 24.4. The first-order chi connectivity index (χ1) is 12.3. The molecule has 5 nitrogen and oxygen atoms in total. The summed E-state index contributed by atoms with van der Waals surface area (Å²) in [6.45, 7) is 9.07. The van der Waals surface area contributed by atoms with E-state index in [9.17, 15) is 9.59 Å². The fourth-order valence-electron chi connectivity index (χ4n) is 2.39. The standard InChI is InChI=1S/C21H26O5/c1-5-9-16-12-13-17(26-19(22)15-10-7-6-8-11-15)18(25-16)14-24-20(23)21(2,3)4/h5-8,10-13,16-18H,1,9,14H2,2-4H3/t16-,17-,18+/m0/s1. The molecule has 0 unspecified atom stereocenters. The zero-order valence-electron chi connectivity index (χ0n) is 15.5. The van der Waals surface area contributed by atoms with E-state index in [1.165, 1.54) is 0 Å². The lowest BCUT2D eigenvalue weighted by Gasteiger charge is -2.32. The molecule has 1 aliphatic rings. The van der Waals surface area contributed by atoms with E-state index in [2.05, 4.69) is 6.58 Å². The molecular formula is C21H26O5. The molecule has 3 atom stereocenters. The molecule has 0 bridgehead atoms. The van der Waals surface area contributed by atoms with Gasteiger partial charge in [-0.25, -0.2) is 4.79 Å². The zero-order valence-corrected chi connectivity index (χ0v) is 15.5. The first-order valence-electron chi connectivity index (χ1n) is 8.69. The van der Waals surface area contributed by atoms with Gasteiger partial charge < -0.3 is 14.2 Å². The molecular weight excluding hydrogens is 332 g/mol. The van der Waals surface area contributed by atoms with Gasteiger partial charge in [0.1, 0.15) is 18.8 Å². The number of hydrogen-bond donors (Lipinski definition) is 0. The van der Waals surface area contributed by atoms with Crippen LogP contribution in [0.25, 0.3) is 0 Å². The number of benzene rings is 1. The number of carbonyl (C=O) groups is 2. The van der Waals surface area contributed by atoms with E-state index < -0.39 is 23.6 Å². The summed E-state index contributed by atoms with van der Waals surface area (Å²) in [5.41, 5.74) is -0.152. The van der Waals surface area contributed by atoms with Crippen LogP contribution in [0, 0.1) is 5.41 Å². The minimum Gasteiger partial charge on any atom is -0.462 e. The van der Waals surface area contributed by atoms with Crippen LogP contribution >= 0.6 is 0 Å². The van der Waals surface area contributed by atoms with E-state index in [4.69, 9.17) is 14.2 Å². The van der Waals surface area contributed by atoms with Gasteiger partial charge in [-0.1, -0.05) is 30.4 Å². The Morgan fingerprint density at radius 1 is 1.19 bits per heavy atom. The molecule has 0 aliphatic carbocycles. The molecule has 1 aromatic rings. The number of hydrogen-bond acceptors (Lipinski definition) is 5. The Kier molecular flexibility index (Phi) is 6.75. The lowest BCUT2D eigenvalue weighted by molar-refractivity contribution is -0.162. The van der Waals surface area contributed by atoms with Crippen molar-refractivity contribution < 1.29 is 23.8 Å². The van der Waals surface area contributed by atoms with Crippen molar-refractivity contribution in [1.82, 2.24) is 0 Å². The molecule has 2 rings (SSSR count).